The Bertz CT molecular complexity index is 624. The smallest absolute Gasteiger partial charge is 0.135 e. The zero-order chi connectivity index (χ0) is 16.1. The molecule has 4 nitrogen and oxygen atoms in total. The number of aryl methyl sites for hydroxylation is 1. The Morgan fingerprint density at radius 2 is 1.78 bits per heavy atom. The van der Waals surface area contributed by atoms with E-state index < -0.39 is 0 Å². The van der Waals surface area contributed by atoms with E-state index in [1.165, 1.54) is 11.8 Å². The Hall–Kier alpha value is -1.78. The van der Waals surface area contributed by atoms with Gasteiger partial charge in [0, 0.05) is 37.3 Å². The number of hydrogen-bond acceptors (Lipinski definition) is 4. The lowest BCUT2D eigenvalue weighted by molar-refractivity contribution is 0.255. The molecule has 0 spiro atoms. The van der Waals surface area contributed by atoms with Crippen molar-refractivity contribution in [3.05, 3.63) is 53.3 Å². The van der Waals surface area contributed by atoms with Crippen molar-refractivity contribution in [2.24, 2.45) is 0 Å². The van der Waals surface area contributed by atoms with E-state index in [0.29, 0.717) is 0 Å². The number of piperazine rings is 1. The van der Waals surface area contributed by atoms with Gasteiger partial charge < -0.3 is 10.0 Å². The molecule has 1 N–H and O–H groups in total. The van der Waals surface area contributed by atoms with Crippen LogP contribution in [0.2, 0.25) is 5.02 Å². The fraction of sp³-hybridized carbons (Fsp3) is 0.389. The van der Waals surface area contributed by atoms with Crippen molar-refractivity contribution in [1.29, 1.82) is 0 Å². The molecule has 2 aromatic rings. The van der Waals surface area contributed by atoms with Crippen molar-refractivity contribution in [2.75, 3.05) is 37.6 Å². The number of anilines is 1. The second kappa shape index (κ2) is 7.66. The highest BCUT2D eigenvalue weighted by Gasteiger charge is 2.17. The van der Waals surface area contributed by atoms with Crippen molar-refractivity contribution in [2.45, 2.75) is 12.8 Å². The van der Waals surface area contributed by atoms with E-state index in [4.69, 9.17) is 11.6 Å². The first-order valence-corrected chi connectivity index (χ1v) is 8.44. The van der Waals surface area contributed by atoms with Crippen LogP contribution in [0.1, 0.15) is 12.0 Å². The van der Waals surface area contributed by atoms with Crippen LogP contribution >= 0.6 is 11.6 Å². The van der Waals surface area contributed by atoms with Crippen LogP contribution in [-0.4, -0.2) is 47.7 Å². The van der Waals surface area contributed by atoms with Crippen LogP contribution in [-0.2, 0) is 6.42 Å². The minimum atomic E-state index is 0.230. The number of halogens is 1. The van der Waals surface area contributed by atoms with Gasteiger partial charge in [-0.3, -0.25) is 9.88 Å². The van der Waals surface area contributed by atoms with Crippen LogP contribution in [0.15, 0.2) is 42.7 Å². The molecule has 0 bridgehead atoms. The molecular formula is C18H22ClN3O. The number of pyridine rings is 1. The van der Waals surface area contributed by atoms with Crippen LogP contribution in [0.25, 0.3) is 0 Å². The van der Waals surface area contributed by atoms with E-state index in [2.05, 4.69) is 26.9 Å². The molecule has 1 fully saturated rings. The molecule has 0 aliphatic carbocycles. The average Bonchev–Trinajstić information content (AvgIpc) is 2.57. The SMILES string of the molecule is Oc1cncc(N2CCN(CCCc3ccc(Cl)cc3)CC2)c1. The summed E-state index contributed by atoms with van der Waals surface area (Å²) in [6.07, 6.45) is 5.54. The first-order valence-electron chi connectivity index (χ1n) is 8.06. The zero-order valence-corrected chi connectivity index (χ0v) is 13.9. The van der Waals surface area contributed by atoms with Crippen LogP contribution in [0.5, 0.6) is 5.75 Å². The van der Waals surface area contributed by atoms with E-state index in [9.17, 15) is 5.11 Å². The lowest BCUT2D eigenvalue weighted by atomic mass is 10.1. The van der Waals surface area contributed by atoms with E-state index in [1.807, 2.05) is 18.3 Å². The summed E-state index contributed by atoms with van der Waals surface area (Å²) in [6, 6.07) is 9.91. The second-order valence-corrected chi connectivity index (χ2v) is 6.40. The molecule has 122 valence electrons. The Morgan fingerprint density at radius 1 is 1.04 bits per heavy atom. The summed E-state index contributed by atoms with van der Waals surface area (Å²) in [4.78, 5) is 8.84. The van der Waals surface area contributed by atoms with Crippen LogP contribution in [0.3, 0.4) is 0 Å². The first kappa shape index (κ1) is 16.1. The summed E-state index contributed by atoms with van der Waals surface area (Å²) in [6.45, 7) is 5.18. The highest BCUT2D eigenvalue weighted by Crippen LogP contribution is 2.20. The Morgan fingerprint density at radius 3 is 2.48 bits per heavy atom. The highest BCUT2D eigenvalue weighted by atomic mass is 35.5. The molecule has 1 saturated heterocycles. The maximum absolute atomic E-state index is 9.53. The predicted molar refractivity (Wildman–Crippen MR) is 94.3 cm³/mol. The molecule has 1 aromatic carbocycles. The minimum absolute atomic E-state index is 0.230. The van der Waals surface area contributed by atoms with Gasteiger partial charge in [-0.1, -0.05) is 23.7 Å². The van der Waals surface area contributed by atoms with Gasteiger partial charge in [0.25, 0.3) is 0 Å². The van der Waals surface area contributed by atoms with Gasteiger partial charge in [0.15, 0.2) is 0 Å². The third-order valence-corrected chi connectivity index (χ3v) is 4.55. The quantitative estimate of drug-likeness (QED) is 0.913. The molecule has 23 heavy (non-hydrogen) atoms. The topological polar surface area (TPSA) is 39.6 Å². The van der Waals surface area contributed by atoms with Gasteiger partial charge >= 0.3 is 0 Å². The molecule has 1 aliphatic rings. The fourth-order valence-electron chi connectivity index (χ4n) is 2.98. The molecule has 0 amide bonds. The van der Waals surface area contributed by atoms with Gasteiger partial charge in [0.05, 0.1) is 18.1 Å². The molecular weight excluding hydrogens is 310 g/mol. The monoisotopic (exact) mass is 331 g/mol. The van der Waals surface area contributed by atoms with Gasteiger partial charge in [-0.2, -0.15) is 0 Å². The normalized spacial score (nSPS) is 15.8. The summed E-state index contributed by atoms with van der Waals surface area (Å²) in [5.41, 5.74) is 2.35. The minimum Gasteiger partial charge on any atom is -0.506 e. The number of hydrogen-bond donors (Lipinski definition) is 1. The molecule has 5 heteroatoms. The van der Waals surface area contributed by atoms with E-state index in [1.54, 1.807) is 6.07 Å². The number of benzene rings is 1. The lowest BCUT2D eigenvalue weighted by Crippen LogP contribution is -2.46. The molecule has 2 heterocycles. The second-order valence-electron chi connectivity index (χ2n) is 5.96. The van der Waals surface area contributed by atoms with E-state index in [-0.39, 0.29) is 5.75 Å². The predicted octanol–water partition coefficient (Wildman–Crippen LogP) is 3.20. The van der Waals surface area contributed by atoms with Gasteiger partial charge in [-0.25, -0.2) is 0 Å². The van der Waals surface area contributed by atoms with Crippen LogP contribution < -0.4 is 4.90 Å². The van der Waals surface area contributed by atoms with E-state index in [0.717, 1.165) is 56.3 Å². The molecule has 0 unspecified atom stereocenters. The third-order valence-electron chi connectivity index (χ3n) is 4.30. The van der Waals surface area contributed by atoms with Crippen molar-refractivity contribution in [3.8, 4) is 5.75 Å². The zero-order valence-electron chi connectivity index (χ0n) is 13.2. The van der Waals surface area contributed by atoms with E-state index >= 15 is 0 Å². The number of nitrogens with zero attached hydrogens (tertiary/aromatic N) is 3. The molecule has 0 saturated carbocycles. The highest BCUT2D eigenvalue weighted by molar-refractivity contribution is 6.30. The van der Waals surface area contributed by atoms with Crippen molar-refractivity contribution < 1.29 is 5.11 Å². The molecule has 3 rings (SSSR count). The number of aromatic hydroxyl groups is 1. The lowest BCUT2D eigenvalue weighted by Gasteiger charge is -2.36. The summed E-state index contributed by atoms with van der Waals surface area (Å²) in [5, 5.41) is 10.3. The van der Waals surface area contributed by atoms with Gasteiger partial charge in [0.1, 0.15) is 5.75 Å². The van der Waals surface area contributed by atoms with Gasteiger partial charge in [-0.15, -0.1) is 0 Å². The maximum atomic E-state index is 9.53. The maximum Gasteiger partial charge on any atom is 0.135 e. The van der Waals surface area contributed by atoms with Crippen molar-refractivity contribution in [1.82, 2.24) is 9.88 Å². The Kier molecular flexibility index (Phi) is 5.36. The average molecular weight is 332 g/mol. The summed E-state index contributed by atoms with van der Waals surface area (Å²) in [5.74, 6) is 0.230. The summed E-state index contributed by atoms with van der Waals surface area (Å²) >= 11 is 5.91. The summed E-state index contributed by atoms with van der Waals surface area (Å²) < 4.78 is 0. The largest absolute Gasteiger partial charge is 0.506 e. The molecule has 1 aliphatic heterocycles. The van der Waals surface area contributed by atoms with Crippen LogP contribution in [0, 0.1) is 0 Å². The first-order chi connectivity index (χ1) is 11.2. The third kappa shape index (κ3) is 4.60. The van der Waals surface area contributed by atoms with Crippen molar-refractivity contribution >= 4 is 17.3 Å². The Balaban J connectivity index is 1.41. The van der Waals surface area contributed by atoms with Crippen molar-refractivity contribution in [3.63, 3.8) is 0 Å². The van der Waals surface area contributed by atoms with Gasteiger partial charge in [0.2, 0.25) is 0 Å². The molecule has 1 aromatic heterocycles. The number of rotatable bonds is 5. The molecule has 0 atom stereocenters. The number of aromatic nitrogens is 1. The standard InChI is InChI=1S/C18H22ClN3O/c19-16-5-3-15(4-6-16)2-1-7-21-8-10-22(11-9-21)17-12-18(23)14-20-13-17/h3-6,12-14,23H,1-2,7-11H2. The van der Waals surface area contributed by atoms with Crippen LogP contribution in [0.4, 0.5) is 5.69 Å². The summed E-state index contributed by atoms with van der Waals surface area (Å²) in [7, 11) is 0. The van der Waals surface area contributed by atoms with Gasteiger partial charge in [-0.05, 0) is 37.1 Å². The Labute approximate surface area is 142 Å². The molecule has 0 radical (unpaired) electrons. The fourth-order valence-corrected chi connectivity index (χ4v) is 3.10.